The predicted octanol–water partition coefficient (Wildman–Crippen LogP) is 2.79. The van der Waals surface area contributed by atoms with Gasteiger partial charge in [-0.15, -0.1) is 0 Å². The number of likely N-dealkylation sites (tertiary alicyclic amines) is 1. The van der Waals surface area contributed by atoms with Crippen molar-refractivity contribution in [1.82, 2.24) is 15.5 Å². The summed E-state index contributed by atoms with van der Waals surface area (Å²) in [5, 5.41) is 7.02. The minimum absolute atomic E-state index is 0.317. The topological polar surface area (TPSA) is 58.1 Å². The molecule has 0 spiro atoms. The Balaban J connectivity index is 1.18. The van der Waals surface area contributed by atoms with E-state index in [-0.39, 0.29) is 0 Å². The summed E-state index contributed by atoms with van der Waals surface area (Å²) in [6, 6.07) is 17.3. The van der Waals surface area contributed by atoms with Crippen LogP contribution in [0.3, 0.4) is 0 Å². The van der Waals surface area contributed by atoms with Gasteiger partial charge in [-0.05, 0) is 42.5 Å². The molecule has 0 atom stereocenters. The van der Waals surface area contributed by atoms with E-state index < -0.39 is 0 Å². The average molecular weight is 395 g/mol. The molecule has 0 aliphatic carbocycles. The maximum Gasteiger partial charge on any atom is 0.231 e. The van der Waals surface area contributed by atoms with Crippen LogP contribution in [-0.2, 0) is 13.0 Å². The van der Waals surface area contributed by atoms with Gasteiger partial charge in [-0.3, -0.25) is 9.89 Å². The molecule has 2 aliphatic rings. The summed E-state index contributed by atoms with van der Waals surface area (Å²) in [6.07, 6.45) is 3.18. The Labute approximate surface area is 172 Å². The molecule has 2 N–H and O–H groups in total. The molecule has 1 saturated heterocycles. The fraction of sp³-hybridized carbons (Fsp3) is 0.435. The first-order valence-corrected chi connectivity index (χ1v) is 10.4. The predicted molar refractivity (Wildman–Crippen MR) is 116 cm³/mol. The molecule has 0 aromatic heterocycles. The molecule has 6 heteroatoms. The minimum atomic E-state index is 0.317. The highest BCUT2D eigenvalue weighted by Gasteiger charge is 2.20. The van der Waals surface area contributed by atoms with Crippen LogP contribution in [-0.4, -0.2) is 50.4 Å². The van der Waals surface area contributed by atoms with Crippen LogP contribution in [0, 0.1) is 0 Å². The van der Waals surface area contributed by atoms with Crippen LogP contribution >= 0.6 is 0 Å². The number of aliphatic imine (C=N–C) groups is 1. The van der Waals surface area contributed by atoms with E-state index in [1.165, 1.54) is 11.1 Å². The summed E-state index contributed by atoms with van der Waals surface area (Å²) >= 11 is 0. The molecule has 2 aromatic carbocycles. The number of piperidine rings is 1. The van der Waals surface area contributed by atoms with Gasteiger partial charge < -0.3 is 20.1 Å². The third-order valence-corrected chi connectivity index (χ3v) is 5.54. The Bertz CT molecular complexity index is 817. The van der Waals surface area contributed by atoms with E-state index >= 15 is 0 Å². The Morgan fingerprint density at radius 2 is 1.83 bits per heavy atom. The molecule has 0 bridgehead atoms. The Morgan fingerprint density at radius 1 is 1.03 bits per heavy atom. The van der Waals surface area contributed by atoms with Gasteiger partial charge in [0.1, 0.15) is 0 Å². The minimum Gasteiger partial charge on any atom is -0.454 e. The van der Waals surface area contributed by atoms with Crippen molar-refractivity contribution < 1.29 is 9.47 Å². The first-order valence-electron chi connectivity index (χ1n) is 10.4. The molecule has 4 rings (SSSR count). The smallest absolute Gasteiger partial charge is 0.231 e. The van der Waals surface area contributed by atoms with Crippen molar-refractivity contribution in [3.05, 3.63) is 59.7 Å². The van der Waals surface area contributed by atoms with Gasteiger partial charge in [0.2, 0.25) is 6.79 Å². The van der Waals surface area contributed by atoms with Crippen LogP contribution in [0.25, 0.3) is 0 Å². The highest BCUT2D eigenvalue weighted by molar-refractivity contribution is 5.79. The normalized spacial score (nSPS) is 17.3. The van der Waals surface area contributed by atoms with Crippen molar-refractivity contribution in [3.63, 3.8) is 0 Å². The monoisotopic (exact) mass is 394 g/mol. The Morgan fingerprint density at radius 3 is 2.62 bits per heavy atom. The Hall–Kier alpha value is -2.73. The first kappa shape index (κ1) is 19.6. The van der Waals surface area contributed by atoms with Gasteiger partial charge >= 0.3 is 0 Å². The number of benzene rings is 2. The van der Waals surface area contributed by atoms with Crippen LogP contribution in [0.5, 0.6) is 11.5 Å². The summed E-state index contributed by atoms with van der Waals surface area (Å²) in [6.45, 7) is 4.40. The molecular formula is C23H30N4O2. The van der Waals surface area contributed by atoms with E-state index in [0.29, 0.717) is 12.8 Å². The second-order valence-corrected chi connectivity index (χ2v) is 7.62. The molecule has 2 aromatic rings. The summed E-state index contributed by atoms with van der Waals surface area (Å²) in [5.74, 6) is 2.55. The van der Waals surface area contributed by atoms with Gasteiger partial charge in [-0.25, -0.2) is 0 Å². The maximum atomic E-state index is 5.45. The lowest BCUT2D eigenvalue weighted by molar-refractivity contribution is 0.174. The van der Waals surface area contributed by atoms with Crippen molar-refractivity contribution in [2.45, 2.75) is 31.8 Å². The zero-order chi connectivity index (χ0) is 19.9. The number of guanidine groups is 1. The number of rotatable bonds is 6. The lowest BCUT2D eigenvalue weighted by Gasteiger charge is -2.33. The van der Waals surface area contributed by atoms with E-state index in [2.05, 4.69) is 63.0 Å². The average Bonchev–Trinajstić information content (AvgIpc) is 3.23. The summed E-state index contributed by atoms with van der Waals surface area (Å²) < 4.78 is 10.8. The Kier molecular flexibility index (Phi) is 6.52. The number of hydrogen-bond donors (Lipinski definition) is 2. The number of ether oxygens (including phenoxy) is 2. The van der Waals surface area contributed by atoms with Crippen molar-refractivity contribution in [2.24, 2.45) is 4.99 Å². The highest BCUT2D eigenvalue weighted by Crippen LogP contribution is 2.32. The molecule has 2 heterocycles. The number of nitrogens with one attached hydrogen (secondary N) is 2. The summed E-state index contributed by atoms with van der Waals surface area (Å²) in [7, 11) is 1.83. The van der Waals surface area contributed by atoms with Crippen molar-refractivity contribution >= 4 is 5.96 Å². The van der Waals surface area contributed by atoms with E-state index in [9.17, 15) is 0 Å². The first-order chi connectivity index (χ1) is 14.3. The zero-order valence-corrected chi connectivity index (χ0v) is 17.1. The molecule has 154 valence electrons. The van der Waals surface area contributed by atoms with Crippen molar-refractivity contribution in [1.29, 1.82) is 0 Å². The SMILES string of the molecule is CN=C(NCCc1ccc2c(c1)OCO2)NC1CCN(Cc2ccccc2)CC1. The van der Waals surface area contributed by atoms with E-state index in [1.807, 2.05) is 13.1 Å². The number of hydrogen-bond acceptors (Lipinski definition) is 4. The summed E-state index contributed by atoms with van der Waals surface area (Å²) in [5.41, 5.74) is 2.62. The van der Waals surface area contributed by atoms with Gasteiger partial charge in [0.05, 0.1) is 0 Å². The van der Waals surface area contributed by atoms with Gasteiger partial charge in [-0.2, -0.15) is 0 Å². The third-order valence-electron chi connectivity index (χ3n) is 5.54. The van der Waals surface area contributed by atoms with Gasteiger partial charge in [0, 0.05) is 39.3 Å². The molecular weight excluding hydrogens is 364 g/mol. The van der Waals surface area contributed by atoms with Gasteiger partial charge in [0.15, 0.2) is 17.5 Å². The molecule has 0 amide bonds. The fourth-order valence-electron chi connectivity index (χ4n) is 3.89. The third kappa shape index (κ3) is 5.41. The molecule has 6 nitrogen and oxygen atoms in total. The van der Waals surface area contributed by atoms with E-state index in [0.717, 1.165) is 62.9 Å². The lowest BCUT2D eigenvalue weighted by atomic mass is 10.0. The van der Waals surface area contributed by atoms with Gasteiger partial charge in [0.25, 0.3) is 0 Å². The molecule has 0 radical (unpaired) electrons. The standard InChI is InChI=1S/C23H30N4O2/c1-24-23(25-12-9-18-7-8-21-22(15-18)29-17-28-21)26-20-10-13-27(14-11-20)16-19-5-3-2-4-6-19/h2-8,15,20H,9-14,16-17H2,1H3,(H2,24,25,26). The quantitative estimate of drug-likeness (QED) is 0.583. The maximum absolute atomic E-state index is 5.45. The number of fused-ring (bicyclic) bond motifs is 1. The summed E-state index contributed by atoms with van der Waals surface area (Å²) in [4.78, 5) is 6.93. The van der Waals surface area contributed by atoms with Gasteiger partial charge in [-0.1, -0.05) is 36.4 Å². The van der Waals surface area contributed by atoms with E-state index in [4.69, 9.17) is 9.47 Å². The molecule has 2 aliphatic heterocycles. The highest BCUT2D eigenvalue weighted by atomic mass is 16.7. The molecule has 29 heavy (non-hydrogen) atoms. The second-order valence-electron chi connectivity index (χ2n) is 7.62. The fourth-order valence-corrected chi connectivity index (χ4v) is 3.89. The van der Waals surface area contributed by atoms with Crippen LogP contribution in [0.4, 0.5) is 0 Å². The van der Waals surface area contributed by atoms with Crippen LogP contribution in [0.2, 0.25) is 0 Å². The molecule has 1 fully saturated rings. The largest absolute Gasteiger partial charge is 0.454 e. The lowest BCUT2D eigenvalue weighted by Crippen LogP contribution is -2.48. The molecule has 0 unspecified atom stereocenters. The zero-order valence-electron chi connectivity index (χ0n) is 17.1. The van der Waals surface area contributed by atoms with Crippen LogP contribution < -0.4 is 20.1 Å². The second kappa shape index (κ2) is 9.65. The van der Waals surface area contributed by atoms with E-state index in [1.54, 1.807) is 0 Å². The van der Waals surface area contributed by atoms with Crippen molar-refractivity contribution in [2.75, 3.05) is 33.5 Å². The van der Waals surface area contributed by atoms with Crippen LogP contribution in [0.1, 0.15) is 24.0 Å². The van der Waals surface area contributed by atoms with Crippen molar-refractivity contribution in [3.8, 4) is 11.5 Å². The number of nitrogens with zero attached hydrogens (tertiary/aromatic N) is 2. The van der Waals surface area contributed by atoms with Crippen LogP contribution in [0.15, 0.2) is 53.5 Å². The molecule has 0 saturated carbocycles.